The molecule has 1 atom stereocenters. The van der Waals surface area contributed by atoms with Crippen molar-refractivity contribution in [1.82, 2.24) is 5.32 Å². The molecule has 1 aliphatic heterocycles. The summed E-state index contributed by atoms with van der Waals surface area (Å²) < 4.78 is 1.06. The fraction of sp³-hybridized carbons (Fsp3) is 0.0294. The highest BCUT2D eigenvalue weighted by Gasteiger charge is 2.19. The Hall–Kier alpha value is -4.21. The van der Waals surface area contributed by atoms with Crippen LogP contribution in [0.15, 0.2) is 149 Å². The molecule has 5 aromatic carbocycles. The first-order valence-electron chi connectivity index (χ1n) is 12.4. The topological polar surface area (TPSA) is 24.4 Å². The third-order valence-corrected chi connectivity index (χ3v) is 7.15. The Balaban J connectivity index is 1.34. The molecule has 1 N–H and O–H groups in total. The predicted molar refractivity (Wildman–Crippen MR) is 158 cm³/mol. The van der Waals surface area contributed by atoms with E-state index in [0.717, 1.165) is 32.6 Å². The molecule has 6 rings (SSSR count). The summed E-state index contributed by atoms with van der Waals surface area (Å²) in [5.41, 5.74) is 10.2. The third-order valence-electron chi connectivity index (χ3n) is 6.62. The van der Waals surface area contributed by atoms with E-state index in [1.54, 1.807) is 0 Å². The van der Waals surface area contributed by atoms with Crippen LogP contribution in [0, 0.1) is 0 Å². The number of allylic oxidation sites excluding steroid dienone is 1. The van der Waals surface area contributed by atoms with Crippen molar-refractivity contribution in [3.63, 3.8) is 0 Å². The van der Waals surface area contributed by atoms with Gasteiger partial charge < -0.3 is 5.32 Å². The molecule has 178 valence electrons. The standard InChI is InChI=1S/C34H25BrN2/c35-31-21-19-29(20-22-31)33-23-32(28-15-11-26(12-16-28)24-7-3-1-4-8-24)36-34(37-33)30-17-13-27(14-18-30)25-9-5-2-6-10-25/h1-23,34,36H. The zero-order valence-corrected chi connectivity index (χ0v) is 21.8. The van der Waals surface area contributed by atoms with Gasteiger partial charge in [0.2, 0.25) is 0 Å². The molecule has 0 saturated heterocycles. The summed E-state index contributed by atoms with van der Waals surface area (Å²) in [6, 6.07) is 46.7. The molecule has 5 aromatic rings. The van der Waals surface area contributed by atoms with Crippen LogP contribution in [-0.2, 0) is 0 Å². The third kappa shape index (κ3) is 5.18. The summed E-state index contributed by atoms with van der Waals surface area (Å²) in [5.74, 6) is 0. The summed E-state index contributed by atoms with van der Waals surface area (Å²) in [6.45, 7) is 0. The molecular formula is C34H25BrN2. The van der Waals surface area contributed by atoms with Crippen LogP contribution < -0.4 is 5.32 Å². The van der Waals surface area contributed by atoms with Crippen LogP contribution in [0.4, 0.5) is 0 Å². The van der Waals surface area contributed by atoms with Crippen molar-refractivity contribution in [3.05, 3.63) is 161 Å². The molecule has 0 aromatic heterocycles. The van der Waals surface area contributed by atoms with Crippen molar-refractivity contribution >= 4 is 27.3 Å². The summed E-state index contributed by atoms with van der Waals surface area (Å²) in [7, 11) is 0. The monoisotopic (exact) mass is 540 g/mol. The van der Waals surface area contributed by atoms with Crippen LogP contribution in [0.25, 0.3) is 28.0 Å². The average Bonchev–Trinajstić information content (AvgIpc) is 2.98. The maximum Gasteiger partial charge on any atom is 0.145 e. The van der Waals surface area contributed by atoms with E-state index >= 15 is 0 Å². The number of hydrogen-bond acceptors (Lipinski definition) is 2. The van der Waals surface area contributed by atoms with Gasteiger partial charge in [0.15, 0.2) is 0 Å². The smallest absolute Gasteiger partial charge is 0.145 e. The van der Waals surface area contributed by atoms with E-state index < -0.39 is 0 Å². The molecule has 1 unspecified atom stereocenters. The van der Waals surface area contributed by atoms with Crippen LogP contribution in [0.3, 0.4) is 0 Å². The van der Waals surface area contributed by atoms with E-state index in [0.29, 0.717) is 0 Å². The van der Waals surface area contributed by atoms with Crippen molar-refractivity contribution < 1.29 is 0 Å². The average molecular weight is 541 g/mol. The van der Waals surface area contributed by atoms with Gasteiger partial charge >= 0.3 is 0 Å². The predicted octanol–water partition coefficient (Wildman–Crippen LogP) is 8.92. The highest BCUT2D eigenvalue weighted by atomic mass is 79.9. The minimum absolute atomic E-state index is 0.183. The Morgan fingerprint density at radius 1 is 0.486 bits per heavy atom. The van der Waals surface area contributed by atoms with Crippen LogP contribution in [0.1, 0.15) is 22.9 Å². The molecule has 1 aliphatic rings. The highest BCUT2D eigenvalue weighted by molar-refractivity contribution is 9.10. The normalized spacial score (nSPS) is 14.9. The first-order chi connectivity index (χ1) is 18.2. The molecule has 37 heavy (non-hydrogen) atoms. The largest absolute Gasteiger partial charge is 0.360 e. The van der Waals surface area contributed by atoms with Gasteiger partial charge in [-0.3, -0.25) is 4.99 Å². The van der Waals surface area contributed by atoms with Gasteiger partial charge in [0.1, 0.15) is 6.17 Å². The second kappa shape index (κ2) is 10.4. The number of hydrogen-bond donors (Lipinski definition) is 1. The van der Waals surface area contributed by atoms with Crippen LogP contribution in [0.5, 0.6) is 0 Å². The molecule has 0 bridgehead atoms. The van der Waals surface area contributed by atoms with Gasteiger partial charge in [0.05, 0.1) is 5.71 Å². The number of aliphatic imine (C=N–C) groups is 1. The van der Waals surface area contributed by atoms with E-state index in [1.165, 1.54) is 22.3 Å². The van der Waals surface area contributed by atoms with E-state index in [4.69, 9.17) is 4.99 Å². The minimum atomic E-state index is -0.183. The molecule has 0 amide bonds. The van der Waals surface area contributed by atoms with Gasteiger partial charge in [0, 0.05) is 10.2 Å². The summed E-state index contributed by atoms with van der Waals surface area (Å²) >= 11 is 3.55. The lowest BCUT2D eigenvalue weighted by atomic mass is 9.99. The molecule has 0 aliphatic carbocycles. The highest BCUT2D eigenvalue weighted by Crippen LogP contribution is 2.30. The number of rotatable bonds is 5. The Morgan fingerprint density at radius 3 is 1.51 bits per heavy atom. The van der Waals surface area contributed by atoms with Gasteiger partial charge in [-0.05, 0) is 57.2 Å². The summed E-state index contributed by atoms with van der Waals surface area (Å²) in [5, 5.41) is 3.68. The van der Waals surface area contributed by atoms with Gasteiger partial charge in [-0.25, -0.2) is 0 Å². The van der Waals surface area contributed by atoms with E-state index in [2.05, 4.69) is 149 Å². The van der Waals surface area contributed by atoms with E-state index in [-0.39, 0.29) is 6.17 Å². The molecule has 1 heterocycles. The zero-order chi connectivity index (χ0) is 25.0. The number of nitrogens with one attached hydrogen (secondary N) is 1. The maximum atomic E-state index is 5.11. The number of benzene rings is 5. The maximum absolute atomic E-state index is 5.11. The lowest BCUT2D eigenvalue weighted by Crippen LogP contribution is -2.24. The van der Waals surface area contributed by atoms with Gasteiger partial charge in [-0.2, -0.15) is 0 Å². The second-order valence-electron chi connectivity index (χ2n) is 9.06. The first-order valence-corrected chi connectivity index (χ1v) is 13.2. The Labute approximate surface area is 226 Å². The molecule has 0 fully saturated rings. The zero-order valence-electron chi connectivity index (χ0n) is 20.2. The Kier molecular flexibility index (Phi) is 6.53. The summed E-state index contributed by atoms with van der Waals surface area (Å²) in [4.78, 5) is 5.11. The van der Waals surface area contributed by atoms with Crippen molar-refractivity contribution in [2.24, 2.45) is 4.99 Å². The SMILES string of the molecule is Brc1ccc(C2=NC(c3ccc(-c4ccccc4)cc3)NC(c3ccc(-c4ccccc4)cc3)=C2)cc1. The number of nitrogens with zero attached hydrogens (tertiary/aromatic N) is 1. The molecule has 0 radical (unpaired) electrons. The van der Waals surface area contributed by atoms with E-state index in [1.807, 2.05) is 12.1 Å². The quantitative estimate of drug-likeness (QED) is 0.236. The van der Waals surface area contributed by atoms with Gasteiger partial charge in [-0.15, -0.1) is 0 Å². The van der Waals surface area contributed by atoms with Crippen molar-refractivity contribution in [2.45, 2.75) is 6.17 Å². The number of halogens is 1. The molecule has 3 heteroatoms. The fourth-order valence-electron chi connectivity index (χ4n) is 4.60. The Morgan fingerprint density at radius 2 is 0.946 bits per heavy atom. The minimum Gasteiger partial charge on any atom is -0.360 e. The van der Waals surface area contributed by atoms with Crippen molar-refractivity contribution in [2.75, 3.05) is 0 Å². The lowest BCUT2D eigenvalue weighted by Gasteiger charge is -2.25. The van der Waals surface area contributed by atoms with Crippen LogP contribution >= 0.6 is 15.9 Å². The first kappa shape index (κ1) is 23.2. The fourth-order valence-corrected chi connectivity index (χ4v) is 4.86. The Bertz CT molecular complexity index is 1550. The second-order valence-corrected chi connectivity index (χ2v) is 9.97. The molecule has 0 spiro atoms. The lowest BCUT2D eigenvalue weighted by molar-refractivity contribution is 0.664. The van der Waals surface area contributed by atoms with E-state index in [9.17, 15) is 0 Å². The molecule has 2 nitrogen and oxygen atoms in total. The molecular weight excluding hydrogens is 516 g/mol. The summed E-state index contributed by atoms with van der Waals surface area (Å²) in [6.07, 6.45) is 1.97. The van der Waals surface area contributed by atoms with Gasteiger partial charge in [0.25, 0.3) is 0 Å². The van der Waals surface area contributed by atoms with Crippen LogP contribution in [0.2, 0.25) is 0 Å². The van der Waals surface area contributed by atoms with Crippen molar-refractivity contribution in [1.29, 1.82) is 0 Å². The molecule has 0 saturated carbocycles. The van der Waals surface area contributed by atoms with Crippen LogP contribution in [-0.4, -0.2) is 5.71 Å². The van der Waals surface area contributed by atoms with Crippen molar-refractivity contribution in [3.8, 4) is 22.3 Å². The van der Waals surface area contributed by atoms with Gasteiger partial charge in [-0.1, -0.05) is 137 Å².